The van der Waals surface area contributed by atoms with Crippen molar-refractivity contribution in [3.05, 3.63) is 175 Å². The van der Waals surface area contributed by atoms with Gasteiger partial charge in [-0.05, 0) is 77.4 Å². The summed E-state index contributed by atoms with van der Waals surface area (Å²) in [5.41, 5.74) is 8.11. The number of nitrogens with zero attached hydrogens (tertiary/aromatic N) is 3. The lowest BCUT2D eigenvalue weighted by molar-refractivity contribution is -0.137. The first kappa shape index (κ1) is 31.7. The van der Waals surface area contributed by atoms with Crippen molar-refractivity contribution in [3.63, 3.8) is 0 Å². The summed E-state index contributed by atoms with van der Waals surface area (Å²) in [5, 5.41) is 6.79. The Bertz CT molecular complexity index is 1680. The highest BCUT2D eigenvalue weighted by Gasteiger charge is 2.13. The Morgan fingerprint density at radius 1 is 0.652 bits per heavy atom. The van der Waals surface area contributed by atoms with Crippen molar-refractivity contribution in [1.29, 1.82) is 0 Å². The number of benzene rings is 5. The van der Waals surface area contributed by atoms with Gasteiger partial charge in [0.1, 0.15) is 0 Å². The number of rotatable bonds is 15. The fourth-order valence-electron chi connectivity index (χ4n) is 4.84. The second-order valence-electron chi connectivity index (χ2n) is 10.4. The minimum Gasteiger partial charge on any atom is -0.462 e. The van der Waals surface area contributed by atoms with E-state index in [2.05, 4.69) is 90.9 Å². The molecule has 0 unspecified atom stereocenters. The van der Waals surface area contributed by atoms with E-state index in [1.807, 2.05) is 71.9 Å². The van der Waals surface area contributed by atoms with Crippen molar-refractivity contribution in [2.45, 2.75) is 13.0 Å². The molecule has 0 fully saturated rings. The molecule has 0 N–H and O–H groups in total. The van der Waals surface area contributed by atoms with Gasteiger partial charge in [0.25, 0.3) is 0 Å². The van der Waals surface area contributed by atoms with E-state index in [4.69, 9.17) is 14.6 Å². The Hall–Kier alpha value is -5.72. The molecule has 6 heteroatoms. The van der Waals surface area contributed by atoms with Gasteiger partial charge in [0, 0.05) is 29.6 Å². The van der Waals surface area contributed by atoms with Crippen molar-refractivity contribution in [2.24, 2.45) is 5.10 Å². The predicted molar refractivity (Wildman–Crippen MR) is 188 cm³/mol. The summed E-state index contributed by atoms with van der Waals surface area (Å²) in [6.45, 7) is 8.50. The molecule has 5 rings (SSSR count). The lowest BCUT2D eigenvalue weighted by Crippen LogP contribution is -2.11. The van der Waals surface area contributed by atoms with Gasteiger partial charge in [-0.1, -0.05) is 85.5 Å². The van der Waals surface area contributed by atoms with E-state index in [0.717, 1.165) is 45.1 Å². The van der Waals surface area contributed by atoms with E-state index in [-0.39, 0.29) is 0 Å². The van der Waals surface area contributed by atoms with Crippen molar-refractivity contribution >= 4 is 40.6 Å². The van der Waals surface area contributed by atoms with Crippen LogP contribution in [-0.2, 0) is 27.3 Å². The zero-order valence-electron chi connectivity index (χ0n) is 25.7. The molecule has 0 saturated carbocycles. The zero-order valence-corrected chi connectivity index (χ0v) is 25.7. The van der Waals surface area contributed by atoms with Crippen LogP contribution < -0.4 is 9.91 Å². The number of anilines is 5. The summed E-state index contributed by atoms with van der Waals surface area (Å²) < 4.78 is 10.8. The minimum absolute atomic E-state index is 0.304. The molecule has 0 radical (unpaired) electrons. The molecule has 0 aliphatic rings. The Balaban J connectivity index is 1.40. The standard InChI is InChI=1S/C40H37N3O3/c1-3-28-45-31-34-19-25-37(26-20-34)42(35-21-15-32(16-22-35)27-29-46-40(44)4-2)36-23-17-33(18-24-36)30-41-43(38-11-7-5-8-12-38)39-13-9-6-10-14-39/h3-26,30H,1-2,27-29,31H2. The van der Waals surface area contributed by atoms with Crippen LogP contribution in [0, 0.1) is 0 Å². The minimum atomic E-state index is -0.414. The van der Waals surface area contributed by atoms with E-state index >= 15 is 0 Å². The number of ether oxygens (including phenoxy) is 2. The van der Waals surface area contributed by atoms with Gasteiger partial charge >= 0.3 is 5.97 Å². The highest BCUT2D eigenvalue weighted by molar-refractivity contribution is 5.84. The molecule has 0 heterocycles. The Labute approximate surface area is 271 Å². The Morgan fingerprint density at radius 3 is 1.70 bits per heavy atom. The normalized spacial score (nSPS) is 10.8. The van der Waals surface area contributed by atoms with Gasteiger partial charge in [0.05, 0.1) is 37.4 Å². The summed E-state index contributed by atoms with van der Waals surface area (Å²) in [6.07, 6.45) is 5.42. The van der Waals surface area contributed by atoms with Crippen LogP contribution in [0.2, 0.25) is 0 Å². The Kier molecular flexibility index (Phi) is 11.3. The van der Waals surface area contributed by atoms with Gasteiger partial charge < -0.3 is 14.4 Å². The molecular formula is C40H37N3O3. The molecule has 0 atom stereocenters. The van der Waals surface area contributed by atoms with Crippen LogP contribution in [0.1, 0.15) is 16.7 Å². The highest BCUT2D eigenvalue weighted by Crippen LogP contribution is 2.35. The van der Waals surface area contributed by atoms with E-state index in [1.165, 1.54) is 6.08 Å². The monoisotopic (exact) mass is 607 g/mol. The van der Waals surface area contributed by atoms with Crippen LogP contribution in [-0.4, -0.2) is 25.4 Å². The average molecular weight is 608 g/mol. The van der Waals surface area contributed by atoms with Gasteiger partial charge in [-0.25, -0.2) is 9.80 Å². The summed E-state index contributed by atoms with van der Waals surface area (Å²) in [7, 11) is 0. The number of hydrogen-bond donors (Lipinski definition) is 0. The molecule has 0 spiro atoms. The van der Waals surface area contributed by atoms with E-state index < -0.39 is 5.97 Å². The van der Waals surface area contributed by atoms with Crippen molar-refractivity contribution in [3.8, 4) is 0 Å². The second-order valence-corrected chi connectivity index (χ2v) is 10.4. The van der Waals surface area contributed by atoms with Gasteiger partial charge in [0.2, 0.25) is 0 Å². The van der Waals surface area contributed by atoms with Crippen molar-refractivity contribution in [2.75, 3.05) is 23.1 Å². The van der Waals surface area contributed by atoms with Gasteiger partial charge in [-0.3, -0.25) is 0 Å². The lowest BCUT2D eigenvalue weighted by atomic mass is 10.1. The molecule has 46 heavy (non-hydrogen) atoms. The summed E-state index contributed by atoms with van der Waals surface area (Å²) in [5.74, 6) is -0.414. The van der Waals surface area contributed by atoms with E-state index in [0.29, 0.717) is 26.2 Å². The second kappa shape index (κ2) is 16.4. The molecule has 6 nitrogen and oxygen atoms in total. The van der Waals surface area contributed by atoms with Gasteiger partial charge in [0.15, 0.2) is 0 Å². The molecule has 5 aromatic rings. The largest absolute Gasteiger partial charge is 0.462 e. The van der Waals surface area contributed by atoms with E-state index in [9.17, 15) is 4.79 Å². The van der Waals surface area contributed by atoms with Crippen LogP contribution in [0.4, 0.5) is 28.4 Å². The lowest BCUT2D eigenvalue weighted by Gasteiger charge is -2.26. The van der Waals surface area contributed by atoms with Crippen LogP contribution in [0.5, 0.6) is 0 Å². The topological polar surface area (TPSA) is 54.4 Å². The maximum Gasteiger partial charge on any atom is 0.330 e. The number of hydrogen-bond acceptors (Lipinski definition) is 6. The molecule has 0 saturated heterocycles. The van der Waals surface area contributed by atoms with E-state index in [1.54, 1.807) is 6.08 Å². The summed E-state index contributed by atoms with van der Waals surface area (Å²) in [4.78, 5) is 13.6. The molecule has 0 bridgehead atoms. The number of esters is 1. The molecular weight excluding hydrogens is 570 g/mol. The van der Waals surface area contributed by atoms with Crippen LogP contribution >= 0.6 is 0 Å². The number of carbonyl (C=O) groups excluding carboxylic acids is 1. The van der Waals surface area contributed by atoms with Gasteiger partial charge in [-0.2, -0.15) is 5.10 Å². The summed E-state index contributed by atoms with van der Waals surface area (Å²) in [6, 6.07) is 45.2. The Morgan fingerprint density at radius 2 is 1.17 bits per heavy atom. The van der Waals surface area contributed by atoms with Crippen LogP contribution in [0.3, 0.4) is 0 Å². The third-order valence-electron chi connectivity index (χ3n) is 7.17. The SMILES string of the molecule is C=CCOCc1ccc(N(c2ccc(C=NN(c3ccccc3)c3ccccc3)cc2)c2ccc(CCOC(=O)C=C)cc2)cc1. The van der Waals surface area contributed by atoms with Crippen LogP contribution in [0.15, 0.2) is 164 Å². The number of carbonyl (C=O) groups is 1. The van der Waals surface area contributed by atoms with Crippen molar-refractivity contribution in [1.82, 2.24) is 0 Å². The van der Waals surface area contributed by atoms with Crippen molar-refractivity contribution < 1.29 is 14.3 Å². The third kappa shape index (κ3) is 8.68. The number of para-hydroxylation sites is 2. The smallest absolute Gasteiger partial charge is 0.330 e. The first-order valence-corrected chi connectivity index (χ1v) is 15.1. The molecule has 230 valence electrons. The fourth-order valence-corrected chi connectivity index (χ4v) is 4.84. The first-order valence-electron chi connectivity index (χ1n) is 15.1. The molecule has 0 aromatic heterocycles. The maximum absolute atomic E-state index is 11.4. The highest BCUT2D eigenvalue weighted by atomic mass is 16.5. The average Bonchev–Trinajstić information content (AvgIpc) is 3.11. The summed E-state index contributed by atoms with van der Waals surface area (Å²) >= 11 is 0. The molecule has 5 aromatic carbocycles. The zero-order chi connectivity index (χ0) is 32.0. The van der Waals surface area contributed by atoms with Crippen LogP contribution in [0.25, 0.3) is 0 Å². The predicted octanol–water partition coefficient (Wildman–Crippen LogP) is 9.30. The number of hydrazone groups is 1. The first-order chi connectivity index (χ1) is 22.6. The third-order valence-corrected chi connectivity index (χ3v) is 7.17. The maximum atomic E-state index is 11.4. The van der Waals surface area contributed by atoms with Gasteiger partial charge in [-0.15, -0.1) is 6.58 Å². The quantitative estimate of drug-likeness (QED) is 0.0296. The molecule has 0 aliphatic carbocycles. The fraction of sp³-hybridized carbons (Fsp3) is 0.100. The molecule has 0 amide bonds. The molecule has 0 aliphatic heterocycles.